The molecule has 3 unspecified atom stereocenters. The van der Waals surface area contributed by atoms with Crippen molar-refractivity contribution in [1.29, 1.82) is 0 Å². The van der Waals surface area contributed by atoms with E-state index in [0.29, 0.717) is 5.41 Å². The molecule has 2 aliphatic rings. The molecule has 3 atom stereocenters. The minimum atomic E-state index is 0.477. The van der Waals surface area contributed by atoms with Crippen LogP contribution in [0.5, 0.6) is 0 Å². The van der Waals surface area contributed by atoms with Crippen molar-refractivity contribution in [2.75, 3.05) is 20.1 Å². The quantitative estimate of drug-likeness (QED) is 0.753. The van der Waals surface area contributed by atoms with Gasteiger partial charge in [-0.3, -0.25) is 0 Å². The highest BCUT2D eigenvalue weighted by Crippen LogP contribution is 2.41. The first-order chi connectivity index (χ1) is 9.95. The maximum atomic E-state index is 3.62. The van der Waals surface area contributed by atoms with Gasteiger partial charge in [-0.25, -0.2) is 0 Å². The highest BCUT2D eigenvalue weighted by molar-refractivity contribution is 4.92. The third kappa shape index (κ3) is 4.96. The molecule has 2 nitrogen and oxygen atoms in total. The summed E-state index contributed by atoms with van der Waals surface area (Å²) in [6.45, 7) is 12.3. The smallest absolute Gasteiger partial charge is 0.0105 e. The summed E-state index contributed by atoms with van der Waals surface area (Å²) in [6, 6.07) is 1.66. The van der Waals surface area contributed by atoms with Gasteiger partial charge in [0.15, 0.2) is 0 Å². The lowest BCUT2D eigenvalue weighted by Crippen LogP contribution is -2.47. The molecule has 2 aliphatic carbocycles. The molecule has 0 radical (unpaired) electrons. The van der Waals surface area contributed by atoms with E-state index in [9.17, 15) is 0 Å². The molecule has 0 aliphatic heterocycles. The normalized spacial score (nSPS) is 30.9. The van der Waals surface area contributed by atoms with Crippen molar-refractivity contribution in [1.82, 2.24) is 10.2 Å². The molecular weight excluding hydrogens is 256 g/mol. The van der Waals surface area contributed by atoms with Gasteiger partial charge in [0.1, 0.15) is 0 Å². The van der Waals surface area contributed by atoms with E-state index in [2.05, 4.69) is 45.0 Å². The Kier molecular flexibility index (Phi) is 6.14. The summed E-state index contributed by atoms with van der Waals surface area (Å²) in [6.07, 6.45) is 9.79. The van der Waals surface area contributed by atoms with E-state index in [4.69, 9.17) is 0 Å². The summed E-state index contributed by atoms with van der Waals surface area (Å²) in [5.41, 5.74) is 0.477. The largest absolute Gasteiger partial charge is 0.317 e. The molecule has 0 amide bonds. The molecule has 0 bridgehead atoms. The first kappa shape index (κ1) is 17.3. The fourth-order valence-corrected chi connectivity index (χ4v) is 4.16. The van der Waals surface area contributed by atoms with Crippen LogP contribution < -0.4 is 5.32 Å². The van der Waals surface area contributed by atoms with Crippen LogP contribution in [-0.2, 0) is 0 Å². The van der Waals surface area contributed by atoms with E-state index in [-0.39, 0.29) is 0 Å². The monoisotopic (exact) mass is 294 g/mol. The Labute approximate surface area is 133 Å². The van der Waals surface area contributed by atoms with Crippen molar-refractivity contribution in [3.8, 4) is 0 Å². The van der Waals surface area contributed by atoms with Crippen LogP contribution in [0.15, 0.2) is 0 Å². The highest BCUT2D eigenvalue weighted by Gasteiger charge is 2.38. The predicted octanol–water partition coefficient (Wildman–Crippen LogP) is 4.30. The zero-order valence-corrected chi connectivity index (χ0v) is 15.1. The van der Waals surface area contributed by atoms with Crippen LogP contribution in [0.4, 0.5) is 0 Å². The van der Waals surface area contributed by atoms with Crippen molar-refractivity contribution in [3.05, 3.63) is 0 Å². The Morgan fingerprint density at radius 3 is 2.33 bits per heavy atom. The molecule has 0 aromatic rings. The predicted molar refractivity (Wildman–Crippen MR) is 92.6 cm³/mol. The third-order valence-corrected chi connectivity index (χ3v) is 5.91. The van der Waals surface area contributed by atoms with Gasteiger partial charge in [-0.15, -0.1) is 0 Å². The minimum absolute atomic E-state index is 0.477. The maximum Gasteiger partial charge on any atom is 0.0105 e. The number of hydrogen-bond donors (Lipinski definition) is 1. The van der Waals surface area contributed by atoms with Crippen molar-refractivity contribution < 1.29 is 0 Å². The molecule has 0 aromatic carbocycles. The molecule has 0 spiro atoms. The molecule has 2 rings (SSSR count). The average Bonchev–Trinajstić information content (AvgIpc) is 3.26. The lowest BCUT2D eigenvalue weighted by atomic mass is 9.67. The van der Waals surface area contributed by atoms with Gasteiger partial charge < -0.3 is 10.2 Å². The first-order valence-corrected chi connectivity index (χ1v) is 9.37. The Morgan fingerprint density at radius 2 is 1.81 bits per heavy atom. The van der Waals surface area contributed by atoms with E-state index in [1.165, 1.54) is 58.0 Å². The van der Waals surface area contributed by atoms with Crippen molar-refractivity contribution in [3.63, 3.8) is 0 Å². The summed E-state index contributed by atoms with van der Waals surface area (Å²) in [5.74, 6) is 1.75. The summed E-state index contributed by atoms with van der Waals surface area (Å²) in [7, 11) is 2.17. The SMILES string of the molecule is CCCCN(CC1CC(C(C)(C)C)CCC1NC)C1CC1. The van der Waals surface area contributed by atoms with Crippen LogP contribution >= 0.6 is 0 Å². The van der Waals surface area contributed by atoms with E-state index in [1.54, 1.807) is 0 Å². The fourth-order valence-electron chi connectivity index (χ4n) is 4.16. The second-order valence-corrected chi connectivity index (χ2v) is 8.61. The van der Waals surface area contributed by atoms with Crippen LogP contribution in [0.1, 0.15) is 72.6 Å². The molecule has 2 fully saturated rings. The number of nitrogens with one attached hydrogen (secondary N) is 1. The lowest BCUT2D eigenvalue weighted by Gasteiger charge is -2.43. The molecule has 0 aromatic heterocycles. The van der Waals surface area contributed by atoms with Gasteiger partial charge in [-0.1, -0.05) is 34.1 Å². The second kappa shape index (κ2) is 7.46. The van der Waals surface area contributed by atoms with E-state index in [1.807, 2.05) is 0 Å². The minimum Gasteiger partial charge on any atom is -0.317 e. The summed E-state index contributed by atoms with van der Waals surface area (Å²) < 4.78 is 0. The summed E-state index contributed by atoms with van der Waals surface area (Å²) in [4.78, 5) is 2.82. The first-order valence-electron chi connectivity index (χ1n) is 9.37. The molecule has 1 N–H and O–H groups in total. The van der Waals surface area contributed by atoms with Gasteiger partial charge in [0, 0.05) is 18.6 Å². The number of hydrogen-bond acceptors (Lipinski definition) is 2. The van der Waals surface area contributed by atoms with E-state index in [0.717, 1.165) is 23.9 Å². The van der Waals surface area contributed by atoms with E-state index < -0.39 is 0 Å². The Bertz CT molecular complexity index is 303. The standard InChI is InChI=1S/C19H38N2/c1-6-7-12-21(17-9-10-17)14-15-13-16(19(2,3)4)8-11-18(15)20-5/h15-18,20H,6-14H2,1-5H3. The van der Waals surface area contributed by atoms with Gasteiger partial charge in [0.25, 0.3) is 0 Å². The molecular formula is C19H38N2. The molecule has 2 saturated carbocycles. The topological polar surface area (TPSA) is 15.3 Å². The number of nitrogens with zero attached hydrogens (tertiary/aromatic N) is 1. The van der Waals surface area contributed by atoms with Crippen LogP contribution in [0.3, 0.4) is 0 Å². The van der Waals surface area contributed by atoms with Gasteiger partial charge in [-0.05, 0) is 69.4 Å². The molecule has 0 saturated heterocycles. The Balaban J connectivity index is 1.95. The second-order valence-electron chi connectivity index (χ2n) is 8.61. The Morgan fingerprint density at radius 1 is 1.10 bits per heavy atom. The zero-order valence-electron chi connectivity index (χ0n) is 15.1. The lowest BCUT2D eigenvalue weighted by molar-refractivity contribution is 0.0868. The zero-order chi connectivity index (χ0) is 15.5. The van der Waals surface area contributed by atoms with Crippen LogP contribution in [-0.4, -0.2) is 37.1 Å². The number of unbranched alkanes of at least 4 members (excludes halogenated alkanes) is 1. The van der Waals surface area contributed by atoms with Crippen LogP contribution in [0.25, 0.3) is 0 Å². The van der Waals surface area contributed by atoms with Crippen LogP contribution in [0.2, 0.25) is 0 Å². The van der Waals surface area contributed by atoms with Crippen molar-refractivity contribution in [2.45, 2.75) is 84.7 Å². The molecule has 21 heavy (non-hydrogen) atoms. The van der Waals surface area contributed by atoms with Crippen molar-refractivity contribution >= 4 is 0 Å². The summed E-state index contributed by atoms with van der Waals surface area (Å²) >= 11 is 0. The molecule has 0 heterocycles. The molecule has 2 heteroatoms. The van der Waals surface area contributed by atoms with Crippen LogP contribution in [0, 0.1) is 17.3 Å². The summed E-state index contributed by atoms with van der Waals surface area (Å²) in [5, 5.41) is 3.62. The fraction of sp³-hybridized carbons (Fsp3) is 1.00. The Hall–Kier alpha value is -0.0800. The third-order valence-electron chi connectivity index (χ3n) is 5.91. The molecule has 124 valence electrons. The van der Waals surface area contributed by atoms with Gasteiger partial charge >= 0.3 is 0 Å². The van der Waals surface area contributed by atoms with Crippen molar-refractivity contribution in [2.24, 2.45) is 17.3 Å². The van der Waals surface area contributed by atoms with Gasteiger partial charge in [0.2, 0.25) is 0 Å². The maximum absolute atomic E-state index is 3.62. The van der Waals surface area contributed by atoms with Gasteiger partial charge in [-0.2, -0.15) is 0 Å². The average molecular weight is 295 g/mol. The van der Waals surface area contributed by atoms with E-state index >= 15 is 0 Å². The highest BCUT2D eigenvalue weighted by atomic mass is 15.2. The number of rotatable bonds is 7. The van der Waals surface area contributed by atoms with Gasteiger partial charge in [0.05, 0.1) is 0 Å².